The average Bonchev–Trinajstić information content (AvgIpc) is 3.21. The lowest BCUT2D eigenvalue weighted by atomic mass is 9.68. The van der Waals surface area contributed by atoms with Gasteiger partial charge in [0.05, 0.1) is 31.6 Å². The van der Waals surface area contributed by atoms with E-state index in [0.29, 0.717) is 31.7 Å². The standard InChI is InChI=1S/C26H30N4O4/c1-3-6-22(32)29-14-26(15-29)16-30(23(33)11-17-7-4-5-10-27-17)21(13-31)25-24(26)19-9-8-18(34-2)12-20(19)28-25/h4-5,7-10,12,21,28,31H,3,6,11,13-16H2,1-2H3/t21-/m1/s1. The maximum atomic E-state index is 13.5. The summed E-state index contributed by atoms with van der Waals surface area (Å²) in [5.41, 5.74) is 3.16. The van der Waals surface area contributed by atoms with E-state index in [2.05, 4.69) is 9.97 Å². The molecule has 2 amide bonds. The molecule has 4 heterocycles. The first-order valence-corrected chi connectivity index (χ1v) is 11.8. The van der Waals surface area contributed by atoms with E-state index in [9.17, 15) is 14.7 Å². The predicted molar refractivity (Wildman–Crippen MR) is 127 cm³/mol. The highest BCUT2D eigenvalue weighted by molar-refractivity contribution is 5.90. The Morgan fingerprint density at radius 1 is 1.21 bits per heavy atom. The van der Waals surface area contributed by atoms with Gasteiger partial charge in [0.15, 0.2) is 0 Å². The van der Waals surface area contributed by atoms with Gasteiger partial charge in [0.1, 0.15) is 5.75 Å². The number of likely N-dealkylation sites (tertiary alicyclic amines) is 1. The normalized spacial score (nSPS) is 18.6. The number of aromatic amines is 1. The number of pyridine rings is 1. The molecular formula is C26H30N4O4. The third kappa shape index (κ3) is 3.62. The smallest absolute Gasteiger partial charge is 0.229 e. The van der Waals surface area contributed by atoms with Gasteiger partial charge in [-0.1, -0.05) is 13.0 Å². The monoisotopic (exact) mass is 462 g/mol. The summed E-state index contributed by atoms with van der Waals surface area (Å²) in [6.45, 7) is 3.38. The van der Waals surface area contributed by atoms with Crippen molar-refractivity contribution in [2.75, 3.05) is 33.4 Å². The number of nitrogens with one attached hydrogen (secondary N) is 1. The molecule has 178 valence electrons. The summed E-state index contributed by atoms with van der Waals surface area (Å²) in [6.07, 6.45) is 3.17. The Morgan fingerprint density at radius 3 is 2.71 bits per heavy atom. The van der Waals surface area contributed by atoms with Crippen LogP contribution in [-0.2, 0) is 21.4 Å². The molecule has 0 bridgehead atoms. The van der Waals surface area contributed by atoms with Gasteiger partial charge in [0.25, 0.3) is 0 Å². The van der Waals surface area contributed by atoms with E-state index in [0.717, 1.165) is 34.3 Å². The highest BCUT2D eigenvalue weighted by Gasteiger charge is 2.54. The number of methoxy groups -OCH3 is 1. The number of nitrogens with zero attached hydrogens (tertiary/aromatic N) is 3. The summed E-state index contributed by atoms with van der Waals surface area (Å²) in [5.74, 6) is 0.793. The third-order valence-corrected chi connectivity index (χ3v) is 7.10. The van der Waals surface area contributed by atoms with Crippen LogP contribution in [0.5, 0.6) is 5.75 Å². The fraction of sp³-hybridized carbons (Fsp3) is 0.423. The van der Waals surface area contributed by atoms with E-state index in [1.807, 2.05) is 48.2 Å². The summed E-state index contributed by atoms with van der Waals surface area (Å²) < 4.78 is 5.41. The summed E-state index contributed by atoms with van der Waals surface area (Å²) in [5, 5.41) is 11.5. The highest BCUT2D eigenvalue weighted by atomic mass is 16.5. The van der Waals surface area contributed by atoms with Crippen LogP contribution in [0, 0.1) is 0 Å². The van der Waals surface area contributed by atoms with Crippen molar-refractivity contribution >= 4 is 22.7 Å². The average molecular weight is 463 g/mol. The lowest BCUT2D eigenvalue weighted by molar-refractivity contribution is -0.145. The minimum Gasteiger partial charge on any atom is -0.497 e. The number of carbonyl (C=O) groups is 2. The molecular weight excluding hydrogens is 432 g/mol. The van der Waals surface area contributed by atoms with Crippen molar-refractivity contribution in [2.45, 2.75) is 37.6 Å². The number of aliphatic hydroxyl groups excluding tert-OH is 1. The maximum absolute atomic E-state index is 13.5. The van der Waals surface area contributed by atoms with E-state index in [1.165, 1.54) is 0 Å². The van der Waals surface area contributed by atoms with Crippen LogP contribution in [0.1, 0.15) is 42.8 Å². The van der Waals surface area contributed by atoms with Crippen LogP contribution in [-0.4, -0.2) is 70.0 Å². The van der Waals surface area contributed by atoms with E-state index in [1.54, 1.807) is 18.2 Å². The molecule has 2 aliphatic rings. The number of H-pyrrole nitrogens is 1. The zero-order valence-electron chi connectivity index (χ0n) is 19.6. The first-order valence-electron chi connectivity index (χ1n) is 11.8. The Bertz CT molecular complexity index is 1220. The Labute approximate surface area is 198 Å². The van der Waals surface area contributed by atoms with Gasteiger partial charge in [0.2, 0.25) is 11.8 Å². The molecule has 5 rings (SSSR count). The number of amides is 2. The van der Waals surface area contributed by atoms with E-state index >= 15 is 0 Å². The first kappa shape index (κ1) is 22.4. The lowest BCUT2D eigenvalue weighted by Crippen LogP contribution is -2.68. The van der Waals surface area contributed by atoms with E-state index < -0.39 is 6.04 Å². The van der Waals surface area contributed by atoms with E-state index in [-0.39, 0.29) is 30.3 Å². The molecule has 2 aromatic heterocycles. The molecule has 1 saturated heterocycles. The van der Waals surface area contributed by atoms with Gasteiger partial charge in [-0.05, 0) is 36.2 Å². The molecule has 0 radical (unpaired) electrons. The second-order valence-corrected chi connectivity index (χ2v) is 9.32. The fourth-order valence-corrected chi connectivity index (χ4v) is 5.52. The first-order chi connectivity index (χ1) is 16.5. The molecule has 8 heteroatoms. The van der Waals surface area contributed by atoms with Crippen molar-refractivity contribution < 1.29 is 19.4 Å². The highest BCUT2D eigenvalue weighted by Crippen LogP contribution is 2.48. The topological polar surface area (TPSA) is 98.8 Å². The molecule has 8 nitrogen and oxygen atoms in total. The maximum Gasteiger partial charge on any atom is 0.229 e. The van der Waals surface area contributed by atoms with Gasteiger partial charge in [-0.2, -0.15) is 0 Å². The quantitative estimate of drug-likeness (QED) is 0.587. The third-order valence-electron chi connectivity index (χ3n) is 7.10. The number of fused-ring (bicyclic) bond motifs is 4. The van der Waals surface area contributed by atoms with Gasteiger partial charge in [-0.25, -0.2) is 0 Å². The fourth-order valence-electron chi connectivity index (χ4n) is 5.52. The molecule has 0 unspecified atom stereocenters. The summed E-state index contributed by atoms with van der Waals surface area (Å²) in [6, 6.07) is 10.9. The molecule has 1 fully saturated rings. The molecule has 3 aromatic rings. The van der Waals surface area contributed by atoms with Crippen molar-refractivity contribution in [3.8, 4) is 5.75 Å². The predicted octanol–water partition coefficient (Wildman–Crippen LogP) is 2.57. The van der Waals surface area contributed by atoms with Crippen molar-refractivity contribution in [1.82, 2.24) is 19.8 Å². The molecule has 1 spiro atoms. The molecule has 2 aliphatic heterocycles. The van der Waals surface area contributed by atoms with Crippen LogP contribution in [0.4, 0.5) is 0 Å². The van der Waals surface area contributed by atoms with Crippen LogP contribution in [0.3, 0.4) is 0 Å². The molecule has 1 aromatic carbocycles. The number of hydrogen-bond acceptors (Lipinski definition) is 5. The second kappa shape index (κ2) is 8.76. The van der Waals surface area contributed by atoms with Crippen LogP contribution < -0.4 is 4.74 Å². The largest absolute Gasteiger partial charge is 0.497 e. The Kier molecular flexibility index (Phi) is 5.77. The summed E-state index contributed by atoms with van der Waals surface area (Å²) >= 11 is 0. The molecule has 0 aliphatic carbocycles. The minimum atomic E-state index is -0.490. The lowest BCUT2D eigenvalue weighted by Gasteiger charge is -2.56. The van der Waals surface area contributed by atoms with Gasteiger partial charge in [-0.3, -0.25) is 14.6 Å². The molecule has 1 atom stereocenters. The zero-order valence-corrected chi connectivity index (χ0v) is 19.6. The van der Waals surface area contributed by atoms with E-state index in [4.69, 9.17) is 4.74 Å². The zero-order chi connectivity index (χ0) is 23.9. The summed E-state index contributed by atoms with van der Waals surface area (Å²) in [7, 11) is 1.63. The Balaban J connectivity index is 1.56. The van der Waals surface area contributed by atoms with Crippen LogP contribution in [0.2, 0.25) is 0 Å². The minimum absolute atomic E-state index is 0.0858. The number of aromatic nitrogens is 2. The molecule has 34 heavy (non-hydrogen) atoms. The molecule has 2 N–H and O–H groups in total. The number of hydrogen-bond donors (Lipinski definition) is 2. The van der Waals surface area contributed by atoms with Gasteiger partial charge in [0, 0.05) is 60.6 Å². The molecule has 0 saturated carbocycles. The van der Waals surface area contributed by atoms with Crippen LogP contribution >= 0.6 is 0 Å². The summed E-state index contributed by atoms with van der Waals surface area (Å²) in [4.78, 5) is 37.5. The number of ether oxygens (including phenoxy) is 1. The van der Waals surface area contributed by atoms with Gasteiger partial charge >= 0.3 is 0 Å². The van der Waals surface area contributed by atoms with Crippen LogP contribution in [0.25, 0.3) is 10.9 Å². The number of aliphatic hydroxyl groups is 1. The van der Waals surface area contributed by atoms with Gasteiger partial charge in [-0.15, -0.1) is 0 Å². The number of rotatable bonds is 6. The van der Waals surface area contributed by atoms with Crippen molar-refractivity contribution in [2.24, 2.45) is 0 Å². The Hall–Kier alpha value is -3.39. The van der Waals surface area contributed by atoms with Gasteiger partial charge < -0.3 is 24.6 Å². The number of carbonyl (C=O) groups excluding carboxylic acids is 2. The van der Waals surface area contributed by atoms with Crippen LogP contribution in [0.15, 0.2) is 42.6 Å². The Morgan fingerprint density at radius 2 is 2.03 bits per heavy atom. The SMILES string of the molecule is CCCC(=O)N1CC2(C1)CN(C(=O)Cc1ccccn1)[C@H](CO)c1[nH]c3cc(OC)ccc3c12. The van der Waals surface area contributed by atoms with Crippen molar-refractivity contribution in [1.29, 1.82) is 0 Å². The second-order valence-electron chi connectivity index (χ2n) is 9.32. The van der Waals surface area contributed by atoms with Crippen molar-refractivity contribution in [3.63, 3.8) is 0 Å². The van der Waals surface area contributed by atoms with Crippen molar-refractivity contribution in [3.05, 3.63) is 59.5 Å². The number of benzene rings is 1.